The molecule has 0 spiro atoms. The first-order valence-electron chi connectivity index (χ1n) is 22.3. The number of hydrogen-bond acceptors (Lipinski definition) is 10. The maximum atomic E-state index is 15.4. The van der Waals surface area contributed by atoms with Gasteiger partial charge >= 0.3 is 5.69 Å². The summed E-state index contributed by atoms with van der Waals surface area (Å²) in [7, 11) is 1.68. The topological polar surface area (TPSA) is 170 Å². The van der Waals surface area contributed by atoms with Gasteiger partial charge in [-0.2, -0.15) is 5.10 Å². The number of aromatic nitrogens is 6. The van der Waals surface area contributed by atoms with Crippen LogP contribution in [-0.4, -0.2) is 96.9 Å². The van der Waals surface area contributed by atoms with Crippen LogP contribution < -0.4 is 21.6 Å². The predicted octanol–water partition coefficient (Wildman–Crippen LogP) is 5.83. The molecule has 3 amide bonds. The Morgan fingerprint density at radius 2 is 1.75 bits per heavy atom. The molecular weight excluding hydrogens is 823 g/mol. The zero-order valence-corrected chi connectivity index (χ0v) is 35.8. The van der Waals surface area contributed by atoms with E-state index >= 15 is 8.78 Å². The number of rotatable bonds is 14. The highest BCUT2D eigenvalue weighted by atomic mass is 19.1. The van der Waals surface area contributed by atoms with Crippen molar-refractivity contribution in [3.8, 4) is 22.4 Å². The average molecular weight is 875 g/mol. The predicted molar refractivity (Wildman–Crippen MR) is 237 cm³/mol. The summed E-state index contributed by atoms with van der Waals surface area (Å²) in [5.41, 5.74) is 5.44. The Kier molecular flexibility index (Phi) is 12.6. The fraction of sp³-hybridized carbons (Fsp3) is 0.426. The van der Waals surface area contributed by atoms with Gasteiger partial charge in [0.05, 0.1) is 58.9 Å². The van der Waals surface area contributed by atoms with Crippen LogP contribution in [0.25, 0.3) is 44.5 Å². The summed E-state index contributed by atoms with van der Waals surface area (Å²) in [5, 5.41) is 13.6. The van der Waals surface area contributed by atoms with E-state index in [9.17, 15) is 19.2 Å². The van der Waals surface area contributed by atoms with Gasteiger partial charge in [0.2, 0.25) is 17.7 Å². The molecule has 6 heterocycles. The molecule has 3 N–H and O–H groups in total. The first-order chi connectivity index (χ1) is 31.1. The number of hydrogen-bond donors (Lipinski definition) is 3. The summed E-state index contributed by atoms with van der Waals surface area (Å²) in [4.78, 5) is 61.8. The van der Waals surface area contributed by atoms with Crippen molar-refractivity contribution >= 4 is 45.5 Å². The van der Waals surface area contributed by atoms with E-state index in [4.69, 9.17) is 9.72 Å². The zero-order valence-electron chi connectivity index (χ0n) is 35.8. The second-order valence-electron chi connectivity index (χ2n) is 17.0. The van der Waals surface area contributed by atoms with Crippen molar-refractivity contribution in [3.63, 3.8) is 0 Å². The third-order valence-electron chi connectivity index (χ3n) is 12.8. The van der Waals surface area contributed by atoms with E-state index in [1.807, 2.05) is 40.0 Å². The second kappa shape index (κ2) is 18.8. The number of nitrogens with one attached hydrogen (secondary N) is 3. The lowest BCUT2D eigenvalue weighted by Gasteiger charge is -2.32. The number of unbranched alkanes of at least 4 members (excludes halogenated alkanes) is 3. The molecule has 3 saturated heterocycles. The van der Waals surface area contributed by atoms with Crippen LogP contribution in [0, 0.1) is 11.6 Å². The van der Waals surface area contributed by atoms with Crippen LogP contribution in [0.4, 0.5) is 14.5 Å². The standard InChI is InChI=1S/C47H52F2N10O5/c1-56-42-23-31(10-11-40(42)59(47(56)63)41-12-13-43(60)55-46(41)62)51-16-5-3-2-4-9-44(61)57-18-14-32(15-19-57)58-28-30(25-53-58)39-27-52-38-8-6-7-34(45(38)54-39)29-21-36(48)35(37(49)22-29)24-33-26-50-17-20-64-33/h6-8,10-11,21-23,25,27-28,32-33,41,50-51H,2-5,9,12-20,24,26H2,1H3,(H,55,60,62). The van der Waals surface area contributed by atoms with Gasteiger partial charge in [-0.1, -0.05) is 25.0 Å². The number of morpholine rings is 1. The number of carbonyl (C=O) groups excluding carboxylic acids is 3. The van der Waals surface area contributed by atoms with Gasteiger partial charge in [0.25, 0.3) is 0 Å². The van der Waals surface area contributed by atoms with E-state index in [0.717, 1.165) is 62.9 Å². The normalized spacial score (nSPS) is 18.5. The number of ether oxygens (including phenoxy) is 1. The molecule has 17 heteroatoms. The number of halogens is 2. The first kappa shape index (κ1) is 42.9. The maximum Gasteiger partial charge on any atom is 0.329 e. The fourth-order valence-electron chi connectivity index (χ4n) is 9.24. The van der Waals surface area contributed by atoms with Crippen molar-refractivity contribution in [2.45, 2.75) is 82.4 Å². The molecule has 3 aliphatic rings. The highest BCUT2D eigenvalue weighted by Gasteiger charge is 2.31. The smallest absolute Gasteiger partial charge is 0.329 e. The molecule has 3 aromatic carbocycles. The van der Waals surface area contributed by atoms with Gasteiger partial charge in [-0.3, -0.25) is 38.5 Å². The van der Waals surface area contributed by atoms with Crippen molar-refractivity contribution in [1.82, 2.24) is 44.4 Å². The van der Waals surface area contributed by atoms with E-state index in [-0.39, 0.29) is 48.1 Å². The number of fused-ring (bicyclic) bond motifs is 2. The summed E-state index contributed by atoms with van der Waals surface area (Å²) in [6, 6.07) is 13.2. The zero-order chi connectivity index (χ0) is 44.3. The molecule has 3 fully saturated rings. The van der Waals surface area contributed by atoms with Crippen LogP contribution in [-0.2, 0) is 32.6 Å². The van der Waals surface area contributed by atoms with Crippen LogP contribution in [0.15, 0.2) is 71.9 Å². The minimum atomic E-state index is -0.717. The lowest BCUT2D eigenvalue weighted by Crippen LogP contribution is -2.44. The number of carbonyl (C=O) groups is 3. The largest absolute Gasteiger partial charge is 0.385 e. The molecule has 334 valence electrons. The van der Waals surface area contributed by atoms with Crippen LogP contribution in [0.3, 0.4) is 0 Å². The van der Waals surface area contributed by atoms with Crippen LogP contribution in [0.1, 0.15) is 75.4 Å². The number of likely N-dealkylation sites (tertiary alicyclic amines) is 1. The van der Waals surface area contributed by atoms with Gasteiger partial charge in [0.15, 0.2) is 0 Å². The Hall–Kier alpha value is -6.33. The number of aryl methyl sites for hydroxylation is 1. The molecule has 2 atom stereocenters. The fourth-order valence-corrected chi connectivity index (χ4v) is 9.24. The van der Waals surface area contributed by atoms with Gasteiger partial charge < -0.3 is 20.3 Å². The molecule has 0 radical (unpaired) electrons. The van der Waals surface area contributed by atoms with Crippen molar-refractivity contribution in [1.29, 1.82) is 0 Å². The monoisotopic (exact) mass is 874 g/mol. The number of nitrogens with zero attached hydrogens (tertiary/aromatic N) is 7. The van der Waals surface area contributed by atoms with E-state index in [1.54, 1.807) is 31.6 Å². The molecule has 0 bridgehead atoms. The van der Waals surface area contributed by atoms with Gasteiger partial charge in [-0.25, -0.2) is 18.6 Å². The van der Waals surface area contributed by atoms with Crippen LogP contribution in [0.2, 0.25) is 0 Å². The van der Waals surface area contributed by atoms with Crippen molar-refractivity contribution in [2.24, 2.45) is 7.05 Å². The molecule has 3 aliphatic heterocycles. The van der Waals surface area contributed by atoms with E-state index in [2.05, 4.69) is 26.0 Å². The maximum absolute atomic E-state index is 15.4. The molecule has 64 heavy (non-hydrogen) atoms. The van der Waals surface area contributed by atoms with Gasteiger partial charge in [-0.05, 0) is 74.1 Å². The molecule has 9 rings (SSSR count). The quantitative estimate of drug-likeness (QED) is 0.0895. The number of piperidine rings is 2. The van der Waals surface area contributed by atoms with E-state index < -0.39 is 23.6 Å². The summed E-state index contributed by atoms with van der Waals surface area (Å²) >= 11 is 0. The SMILES string of the molecule is Cn1c(=O)n(C2CCC(=O)NC2=O)c2ccc(NCCCCCCC(=O)N3CCC(n4cc(-c5cnc6cccc(-c7cc(F)c(CC8CNCCO8)c(F)c7)c6n5)cn4)CC3)cc21. The summed E-state index contributed by atoms with van der Waals surface area (Å²) in [5.74, 6) is -1.84. The Labute approximate surface area is 368 Å². The molecule has 0 saturated carbocycles. The number of para-hydroxylation sites is 1. The van der Waals surface area contributed by atoms with Gasteiger partial charge in [0.1, 0.15) is 17.7 Å². The number of imidazole rings is 1. The van der Waals surface area contributed by atoms with Crippen molar-refractivity contribution < 1.29 is 27.9 Å². The van der Waals surface area contributed by atoms with Crippen LogP contribution in [0.5, 0.6) is 0 Å². The molecule has 0 aliphatic carbocycles. The van der Waals surface area contributed by atoms with E-state index in [1.165, 1.54) is 21.3 Å². The van der Waals surface area contributed by atoms with Crippen LogP contribution >= 0.6 is 0 Å². The summed E-state index contributed by atoms with van der Waals surface area (Å²) in [6.07, 6.45) is 11.5. The highest BCUT2D eigenvalue weighted by Crippen LogP contribution is 2.33. The minimum absolute atomic E-state index is 0.0112. The lowest BCUT2D eigenvalue weighted by atomic mass is 9.98. The van der Waals surface area contributed by atoms with Gasteiger partial charge in [-0.15, -0.1) is 0 Å². The average Bonchev–Trinajstić information content (AvgIpc) is 3.90. The summed E-state index contributed by atoms with van der Waals surface area (Å²) < 4.78 is 41.4. The van der Waals surface area contributed by atoms with Crippen molar-refractivity contribution in [3.05, 3.63) is 94.8 Å². The number of imide groups is 1. The Balaban J connectivity index is 0.731. The molecule has 6 aromatic rings. The minimum Gasteiger partial charge on any atom is -0.385 e. The third-order valence-corrected chi connectivity index (χ3v) is 12.8. The Morgan fingerprint density at radius 1 is 0.938 bits per heavy atom. The molecular formula is C47H52F2N10O5. The first-order valence-corrected chi connectivity index (χ1v) is 22.3. The molecule has 3 aromatic heterocycles. The number of benzene rings is 3. The molecule has 2 unspecified atom stereocenters. The number of anilines is 1. The Morgan fingerprint density at radius 3 is 2.53 bits per heavy atom. The summed E-state index contributed by atoms with van der Waals surface area (Å²) in [6.45, 7) is 3.84. The molecule has 15 nitrogen and oxygen atoms in total. The second-order valence-corrected chi connectivity index (χ2v) is 17.0. The van der Waals surface area contributed by atoms with E-state index in [0.29, 0.717) is 78.0 Å². The van der Waals surface area contributed by atoms with Crippen molar-refractivity contribution in [2.75, 3.05) is 44.6 Å². The third kappa shape index (κ3) is 9.04. The lowest BCUT2D eigenvalue weighted by molar-refractivity contribution is -0.136. The number of amides is 3. The van der Waals surface area contributed by atoms with Gasteiger partial charge in [0, 0.05) is 87.6 Å². The Bertz CT molecular complexity index is 2750. The highest BCUT2D eigenvalue weighted by molar-refractivity contribution is 6.00.